The molecule has 56 valence electrons. The summed E-state index contributed by atoms with van der Waals surface area (Å²) in [6, 6.07) is 0. The average Bonchev–Trinajstić information content (AvgIpc) is 1.81. The van der Waals surface area contributed by atoms with Gasteiger partial charge in [0.25, 0.3) is 0 Å². The van der Waals surface area contributed by atoms with Crippen LogP contribution in [0.2, 0.25) is 0 Å². The first kappa shape index (κ1) is 7.60. The normalized spacial score (nSPS) is 33.4. The Labute approximate surface area is 61.8 Å². The van der Waals surface area contributed by atoms with E-state index in [-0.39, 0.29) is 0 Å². The van der Waals surface area contributed by atoms with Crippen molar-refractivity contribution in [2.75, 3.05) is 0 Å². The number of hydrogen-bond acceptors (Lipinski definition) is 0. The molecule has 0 amide bonds. The lowest BCUT2D eigenvalue weighted by molar-refractivity contribution is 0.244. The van der Waals surface area contributed by atoms with Crippen molar-refractivity contribution in [2.24, 2.45) is 0 Å². The maximum atomic E-state index is 13.1. The van der Waals surface area contributed by atoms with Gasteiger partial charge in [-0.15, -0.1) is 0 Å². The van der Waals surface area contributed by atoms with Crippen LogP contribution in [0.5, 0.6) is 0 Å². The standard InChI is InChI=1S/C9H13F/c1-9(10)7-5-3-2-4-6-8-9/h2-5,7H2,1H3. The Kier molecular flexibility index (Phi) is 2.32. The molecule has 0 nitrogen and oxygen atoms in total. The van der Waals surface area contributed by atoms with E-state index in [4.69, 9.17) is 0 Å². The van der Waals surface area contributed by atoms with Crippen molar-refractivity contribution in [3.8, 4) is 11.8 Å². The van der Waals surface area contributed by atoms with Crippen molar-refractivity contribution in [1.29, 1.82) is 0 Å². The Bertz CT molecular complexity index is 159. The van der Waals surface area contributed by atoms with E-state index in [2.05, 4.69) is 11.8 Å². The van der Waals surface area contributed by atoms with E-state index in [1.807, 2.05) is 0 Å². The van der Waals surface area contributed by atoms with Crippen LogP contribution < -0.4 is 0 Å². The van der Waals surface area contributed by atoms with Crippen molar-refractivity contribution >= 4 is 0 Å². The topological polar surface area (TPSA) is 0 Å². The van der Waals surface area contributed by atoms with Crippen LogP contribution in [0, 0.1) is 11.8 Å². The molecule has 0 radical (unpaired) electrons. The summed E-state index contributed by atoms with van der Waals surface area (Å²) in [6.07, 6.45) is 4.75. The lowest BCUT2D eigenvalue weighted by Gasteiger charge is -2.14. The minimum Gasteiger partial charge on any atom is -0.230 e. The molecule has 1 aliphatic carbocycles. The summed E-state index contributed by atoms with van der Waals surface area (Å²) >= 11 is 0. The van der Waals surface area contributed by atoms with Crippen LogP contribution >= 0.6 is 0 Å². The smallest absolute Gasteiger partial charge is 0.168 e. The molecule has 0 aliphatic heterocycles. The largest absolute Gasteiger partial charge is 0.230 e. The van der Waals surface area contributed by atoms with Gasteiger partial charge in [-0.05, 0) is 26.2 Å². The first-order valence-electron chi connectivity index (χ1n) is 3.90. The molecule has 0 N–H and O–H groups in total. The third-order valence-corrected chi connectivity index (χ3v) is 1.80. The third kappa shape index (κ3) is 2.39. The molecule has 1 unspecified atom stereocenters. The molecule has 1 atom stereocenters. The molecule has 0 saturated carbocycles. The Balaban J connectivity index is 2.56. The molecule has 0 aromatic heterocycles. The van der Waals surface area contributed by atoms with Gasteiger partial charge >= 0.3 is 0 Å². The number of alkyl halides is 1. The number of halogens is 1. The summed E-state index contributed by atoms with van der Waals surface area (Å²) in [5.74, 6) is 5.50. The van der Waals surface area contributed by atoms with Crippen molar-refractivity contribution < 1.29 is 4.39 Å². The number of hydrogen-bond donors (Lipinski definition) is 0. The monoisotopic (exact) mass is 140 g/mol. The minimum atomic E-state index is -1.21. The zero-order valence-corrected chi connectivity index (χ0v) is 6.41. The highest BCUT2D eigenvalue weighted by Crippen LogP contribution is 2.20. The fourth-order valence-corrected chi connectivity index (χ4v) is 1.16. The van der Waals surface area contributed by atoms with E-state index < -0.39 is 5.67 Å². The highest BCUT2D eigenvalue weighted by atomic mass is 19.1. The van der Waals surface area contributed by atoms with Crippen molar-refractivity contribution in [3.05, 3.63) is 0 Å². The molecule has 0 heterocycles. The van der Waals surface area contributed by atoms with Crippen LogP contribution in [0.3, 0.4) is 0 Å². The van der Waals surface area contributed by atoms with Crippen molar-refractivity contribution in [3.63, 3.8) is 0 Å². The van der Waals surface area contributed by atoms with Gasteiger partial charge in [-0.25, -0.2) is 4.39 Å². The predicted octanol–water partition coefficient (Wildman–Crippen LogP) is 2.68. The summed E-state index contributed by atoms with van der Waals surface area (Å²) in [4.78, 5) is 0. The lowest BCUT2D eigenvalue weighted by atomic mass is 9.98. The zero-order chi connectivity index (χ0) is 7.45. The van der Waals surface area contributed by atoms with E-state index >= 15 is 0 Å². The minimum absolute atomic E-state index is 0.611. The first-order valence-corrected chi connectivity index (χ1v) is 3.90. The zero-order valence-electron chi connectivity index (χ0n) is 6.41. The van der Waals surface area contributed by atoms with Crippen LogP contribution in [0.4, 0.5) is 4.39 Å². The quantitative estimate of drug-likeness (QED) is 0.454. The van der Waals surface area contributed by atoms with Crippen molar-refractivity contribution in [2.45, 2.75) is 44.7 Å². The van der Waals surface area contributed by atoms with E-state index in [0.717, 1.165) is 25.7 Å². The van der Waals surface area contributed by atoms with Gasteiger partial charge in [0, 0.05) is 6.42 Å². The number of rotatable bonds is 0. The average molecular weight is 140 g/mol. The Morgan fingerprint density at radius 1 is 1.30 bits per heavy atom. The molecule has 1 rings (SSSR count). The van der Waals surface area contributed by atoms with Gasteiger partial charge in [0.05, 0.1) is 0 Å². The Morgan fingerprint density at radius 2 is 2.10 bits per heavy atom. The molecular weight excluding hydrogens is 127 g/mol. The third-order valence-electron chi connectivity index (χ3n) is 1.80. The second kappa shape index (κ2) is 3.05. The van der Waals surface area contributed by atoms with Gasteiger partial charge in [0.2, 0.25) is 0 Å². The van der Waals surface area contributed by atoms with Gasteiger partial charge < -0.3 is 0 Å². The highest BCUT2D eigenvalue weighted by molar-refractivity contribution is 5.12. The van der Waals surface area contributed by atoms with E-state index in [1.165, 1.54) is 0 Å². The molecule has 0 aromatic carbocycles. The summed E-state index contributed by atoms with van der Waals surface area (Å²) in [5, 5.41) is 0. The highest BCUT2D eigenvalue weighted by Gasteiger charge is 2.19. The fourth-order valence-electron chi connectivity index (χ4n) is 1.16. The Morgan fingerprint density at radius 3 is 2.90 bits per heavy atom. The van der Waals surface area contributed by atoms with Crippen LogP contribution in [0.1, 0.15) is 39.0 Å². The van der Waals surface area contributed by atoms with Crippen LogP contribution in [-0.2, 0) is 0 Å². The van der Waals surface area contributed by atoms with Crippen molar-refractivity contribution in [1.82, 2.24) is 0 Å². The molecule has 0 spiro atoms. The van der Waals surface area contributed by atoms with Crippen LogP contribution in [0.25, 0.3) is 0 Å². The lowest BCUT2D eigenvalue weighted by Crippen LogP contribution is -2.15. The van der Waals surface area contributed by atoms with Gasteiger partial charge in [0.15, 0.2) is 5.67 Å². The fraction of sp³-hybridized carbons (Fsp3) is 0.778. The maximum Gasteiger partial charge on any atom is 0.168 e. The van der Waals surface area contributed by atoms with Crippen LogP contribution in [-0.4, -0.2) is 5.67 Å². The molecule has 1 heteroatoms. The molecular formula is C9H13F. The summed E-state index contributed by atoms with van der Waals surface area (Å²) < 4.78 is 13.1. The van der Waals surface area contributed by atoms with Gasteiger partial charge in [0.1, 0.15) is 0 Å². The molecule has 0 aromatic rings. The second-order valence-electron chi connectivity index (χ2n) is 3.06. The summed E-state index contributed by atoms with van der Waals surface area (Å²) in [5.41, 5.74) is -1.21. The summed E-state index contributed by atoms with van der Waals surface area (Å²) in [7, 11) is 0. The Hall–Kier alpha value is -0.510. The molecule has 0 saturated heterocycles. The van der Waals surface area contributed by atoms with Gasteiger partial charge in [-0.1, -0.05) is 18.3 Å². The van der Waals surface area contributed by atoms with E-state index in [1.54, 1.807) is 6.92 Å². The van der Waals surface area contributed by atoms with Crippen LogP contribution in [0.15, 0.2) is 0 Å². The predicted molar refractivity (Wildman–Crippen MR) is 40.4 cm³/mol. The molecule has 1 aliphatic rings. The summed E-state index contributed by atoms with van der Waals surface area (Å²) in [6.45, 7) is 1.57. The van der Waals surface area contributed by atoms with E-state index in [0.29, 0.717) is 6.42 Å². The molecule has 0 bridgehead atoms. The molecule has 10 heavy (non-hydrogen) atoms. The van der Waals surface area contributed by atoms with E-state index in [9.17, 15) is 4.39 Å². The first-order chi connectivity index (χ1) is 4.71. The SMILES string of the molecule is CC1(F)C#CCCCCC1. The van der Waals surface area contributed by atoms with Gasteiger partial charge in [-0.3, -0.25) is 0 Å². The van der Waals surface area contributed by atoms with Gasteiger partial charge in [-0.2, -0.15) is 0 Å². The second-order valence-corrected chi connectivity index (χ2v) is 3.06. The molecule has 0 fully saturated rings. The maximum absolute atomic E-state index is 13.1.